The van der Waals surface area contributed by atoms with E-state index in [0.29, 0.717) is 17.7 Å². The smallest absolute Gasteiger partial charge is 0.414 e. The summed E-state index contributed by atoms with van der Waals surface area (Å²) in [6.45, 7) is 3.45. The summed E-state index contributed by atoms with van der Waals surface area (Å²) in [4.78, 5) is 23.5. The molecule has 0 radical (unpaired) electrons. The van der Waals surface area contributed by atoms with Gasteiger partial charge in [-0.1, -0.05) is 6.92 Å². The highest BCUT2D eigenvalue weighted by atomic mass is 16.4. The van der Waals surface area contributed by atoms with Crippen molar-refractivity contribution in [3.63, 3.8) is 0 Å². The number of hydrogen-bond donors (Lipinski definition) is 1. The molecule has 60 valence electrons. The fourth-order valence-corrected chi connectivity index (χ4v) is 0.864. The van der Waals surface area contributed by atoms with Gasteiger partial charge in [0.05, 0.1) is 5.56 Å². The maximum Gasteiger partial charge on any atom is 0.419 e. The zero-order valence-electron chi connectivity index (χ0n) is 6.43. The van der Waals surface area contributed by atoms with Gasteiger partial charge in [0.2, 0.25) is 0 Å². The lowest BCUT2D eigenvalue weighted by Crippen LogP contribution is -2.22. The Morgan fingerprint density at radius 1 is 1.45 bits per heavy atom. The van der Waals surface area contributed by atoms with Gasteiger partial charge in [-0.25, -0.2) is 4.79 Å². The van der Waals surface area contributed by atoms with Crippen LogP contribution in [-0.2, 0) is 6.42 Å². The van der Waals surface area contributed by atoms with Crippen molar-refractivity contribution < 1.29 is 4.42 Å². The van der Waals surface area contributed by atoms with Crippen molar-refractivity contribution >= 4 is 0 Å². The third kappa shape index (κ3) is 1.39. The second-order valence-electron chi connectivity index (χ2n) is 2.25. The number of aromatic amines is 1. The Kier molecular flexibility index (Phi) is 1.94. The lowest BCUT2D eigenvalue weighted by Gasteiger charge is -1.96. The highest BCUT2D eigenvalue weighted by molar-refractivity contribution is 5.10. The molecule has 0 atom stereocenters. The van der Waals surface area contributed by atoms with E-state index in [4.69, 9.17) is 4.42 Å². The molecular weight excluding hydrogens is 146 g/mol. The first-order valence-corrected chi connectivity index (χ1v) is 3.38. The highest BCUT2D eigenvalue weighted by Crippen LogP contribution is 1.97. The standard InChI is InChI=1S/C7H9NO3/c1-3-5-4(2)6(9)8-7(10)11-5/h3H2,1-2H3,(H,8,9,10). The summed E-state index contributed by atoms with van der Waals surface area (Å²) in [7, 11) is 0. The predicted octanol–water partition coefficient (Wildman–Crippen LogP) is 0.199. The van der Waals surface area contributed by atoms with Gasteiger partial charge in [0.1, 0.15) is 5.76 Å². The van der Waals surface area contributed by atoms with Crippen molar-refractivity contribution in [2.24, 2.45) is 0 Å². The quantitative estimate of drug-likeness (QED) is 0.630. The molecule has 0 aliphatic heterocycles. The summed E-state index contributed by atoms with van der Waals surface area (Å²) in [5.41, 5.74) is 0.116. The Hall–Kier alpha value is -1.32. The summed E-state index contributed by atoms with van der Waals surface area (Å²) in [6.07, 6.45) is 0.561. The number of nitrogens with one attached hydrogen (secondary N) is 1. The lowest BCUT2D eigenvalue weighted by atomic mass is 10.2. The molecule has 1 N–H and O–H groups in total. The number of hydrogen-bond acceptors (Lipinski definition) is 3. The molecule has 0 bridgehead atoms. The maximum atomic E-state index is 10.9. The molecule has 1 aromatic rings. The predicted molar refractivity (Wildman–Crippen MR) is 39.7 cm³/mol. The third-order valence-corrected chi connectivity index (χ3v) is 1.51. The van der Waals surface area contributed by atoms with Gasteiger partial charge in [-0.05, 0) is 6.92 Å². The molecule has 1 heterocycles. The van der Waals surface area contributed by atoms with Gasteiger partial charge in [-0.15, -0.1) is 0 Å². The molecule has 4 nitrogen and oxygen atoms in total. The van der Waals surface area contributed by atoms with Gasteiger partial charge in [0.15, 0.2) is 0 Å². The van der Waals surface area contributed by atoms with Crippen LogP contribution in [0.2, 0.25) is 0 Å². The van der Waals surface area contributed by atoms with E-state index in [-0.39, 0.29) is 5.56 Å². The number of H-pyrrole nitrogens is 1. The van der Waals surface area contributed by atoms with Gasteiger partial charge in [-0.3, -0.25) is 9.78 Å². The second-order valence-corrected chi connectivity index (χ2v) is 2.25. The largest absolute Gasteiger partial charge is 0.419 e. The van der Waals surface area contributed by atoms with Crippen LogP contribution in [0.25, 0.3) is 0 Å². The van der Waals surface area contributed by atoms with E-state index in [2.05, 4.69) is 0 Å². The molecule has 0 aliphatic carbocycles. The Morgan fingerprint density at radius 3 is 2.64 bits per heavy atom. The topological polar surface area (TPSA) is 63.1 Å². The van der Waals surface area contributed by atoms with Crippen molar-refractivity contribution in [1.82, 2.24) is 4.98 Å². The minimum atomic E-state index is -0.683. The highest BCUT2D eigenvalue weighted by Gasteiger charge is 2.03. The average molecular weight is 155 g/mol. The second kappa shape index (κ2) is 2.74. The van der Waals surface area contributed by atoms with Crippen LogP contribution in [0.4, 0.5) is 0 Å². The maximum absolute atomic E-state index is 10.9. The molecule has 0 aromatic carbocycles. The van der Waals surface area contributed by atoms with Crippen LogP contribution >= 0.6 is 0 Å². The van der Waals surface area contributed by atoms with Crippen molar-refractivity contribution in [3.05, 3.63) is 32.2 Å². The number of aromatic nitrogens is 1. The normalized spacial score (nSPS) is 10.0. The third-order valence-electron chi connectivity index (χ3n) is 1.51. The first-order chi connectivity index (χ1) is 5.15. The number of aryl methyl sites for hydroxylation is 1. The molecule has 0 amide bonds. The van der Waals surface area contributed by atoms with Crippen molar-refractivity contribution in [3.8, 4) is 0 Å². The van der Waals surface area contributed by atoms with Crippen LogP contribution in [-0.4, -0.2) is 4.98 Å². The summed E-state index contributed by atoms with van der Waals surface area (Å²) in [5.74, 6) is -0.226. The molecule has 0 fully saturated rings. The molecule has 0 aliphatic rings. The average Bonchev–Trinajstić information content (AvgIpc) is 1.96. The Morgan fingerprint density at radius 2 is 2.09 bits per heavy atom. The monoisotopic (exact) mass is 155 g/mol. The lowest BCUT2D eigenvalue weighted by molar-refractivity contribution is 0.432. The van der Waals surface area contributed by atoms with Gasteiger partial charge in [0.25, 0.3) is 5.56 Å². The zero-order valence-corrected chi connectivity index (χ0v) is 6.43. The van der Waals surface area contributed by atoms with Gasteiger partial charge in [-0.2, -0.15) is 0 Å². The van der Waals surface area contributed by atoms with E-state index < -0.39 is 5.76 Å². The minimum absolute atomic E-state index is 0.363. The molecule has 0 unspecified atom stereocenters. The summed E-state index contributed by atoms with van der Waals surface area (Å²) in [6, 6.07) is 0. The van der Waals surface area contributed by atoms with Gasteiger partial charge < -0.3 is 4.42 Å². The molecule has 4 heteroatoms. The zero-order chi connectivity index (χ0) is 8.43. The molecule has 0 saturated heterocycles. The van der Waals surface area contributed by atoms with E-state index in [1.807, 2.05) is 11.9 Å². The van der Waals surface area contributed by atoms with E-state index in [1.54, 1.807) is 6.92 Å². The summed E-state index contributed by atoms with van der Waals surface area (Å²) >= 11 is 0. The van der Waals surface area contributed by atoms with E-state index in [1.165, 1.54) is 0 Å². The van der Waals surface area contributed by atoms with E-state index in [0.717, 1.165) is 0 Å². The van der Waals surface area contributed by atoms with E-state index >= 15 is 0 Å². The van der Waals surface area contributed by atoms with Crippen molar-refractivity contribution in [1.29, 1.82) is 0 Å². The van der Waals surface area contributed by atoms with Crippen LogP contribution in [0.1, 0.15) is 18.2 Å². The Balaban J connectivity index is 3.49. The van der Waals surface area contributed by atoms with Gasteiger partial charge in [0, 0.05) is 6.42 Å². The van der Waals surface area contributed by atoms with Crippen LogP contribution in [0, 0.1) is 6.92 Å². The number of rotatable bonds is 1. The Bertz CT molecular complexity index is 361. The van der Waals surface area contributed by atoms with Crippen molar-refractivity contribution in [2.75, 3.05) is 0 Å². The Labute approximate surface area is 62.9 Å². The first-order valence-electron chi connectivity index (χ1n) is 3.38. The summed E-state index contributed by atoms with van der Waals surface area (Å²) in [5, 5.41) is 0. The van der Waals surface area contributed by atoms with Crippen molar-refractivity contribution in [2.45, 2.75) is 20.3 Å². The van der Waals surface area contributed by atoms with Crippen LogP contribution < -0.4 is 11.3 Å². The SMILES string of the molecule is CCc1oc(=O)[nH]c(=O)c1C. The molecule has 11 heavy (non-hydrogen) atoms. The minimum Gasteiger partial charge on any atom is -0.414 e. The van der Waals surface area contributed by atoms with E-state index in [9.17, 15) is 9.59 Å². The first kappa shape index (κ1) is 7.78. The fraction of sp³-hybridized carbons (Fsp3) is 0.429. The van der Waals surface area contributed by atoms with Crippen LogP contribution in [0.3, 0.4) is 0 Å². The summed E-state index contributed by atoms with van der Waals surface area (Å²) < 4.78 is 4.73. The molecular formula is C7H9NO3. The molecule has 1 rings (SSSR count). The molecule has 1 aromatic heterocycles. The fourth-order valence-electron chi connectivity index (χ4n) is 0.864. The molecule has 0 spiro atoms. The van der Waals surface area contributed by atoms with Crippen LogP contribution in [0.5, 0.6) is 0 Å². The van der Waals surface area contributed by atoms with Gasteiger partial charge >= 0.3 is 5.76 Å². The van der Waals surface area contributed by atoms with Crippen LogP contribution in [0.15, 0.2) is 14.0 Å². The molecule has 0 saturated carbocycles.